The van der Waals surface area contributed by atoms with Crippen LogP contribution in [0.3, 0.4) is 0 Å². The summed E-state index contributed by atoms with van der Waals surface area (Å²) in [5.41, 5.74) is 4.21. The number of benzene rings is 2. The van der Waals surface area contributed by atoms with Gasteiger partial charge in [0.15, 0.2) is 14.6 Å². The second-order valence-electron chi connectivity index (χ2n) is 9.25. The Balaban J connectivity index is 0.000000559. The Labute approximate surface area is 229 Å². The topological polar surface area (TPSA) is 142 Å². The minimum Gasteiger partial charge on any atom is -0.494 e. The van der Waals surface area contributed by atoms with Crippen molar-refractivity contribution in [3.05, 3.63) is 54.1 Å². The van der Waals surface area contributed by atoms with Gasteiger partial charge in [-0.05, 0) is 68.0 Å². The number of carboxylic acids is 1. The highest BCUT2D eigenvalue weighted by Crippen LogP contribution is 2.36. The molecule has 14 heteroatoms. The number of para-hydroxylation sites is 1. The van der Waals surface area contributed by atoms with Crippen LogP contribution in [0.15, 0.2) is 53.4 Å². The fraction of sp³-hybridized carbons (Fsp3) is 0.462. The first-order valence-electron chi connectivity index (χ1n) is 12.5. The summed E-state index contributed by atoms with van der Waals surface area (Å²) in [5, 5.41) is 16.3. The zero-order valence-electron chi connectivity index (χ0n) is 21.5. The third-order valence-corrected chi connectivity index (χ3v) is 9.27. The SMILES string of the molecule is O=C(NO)C1(S(=O)(=O)c2ccc(OCCCN3CCCc4ccccc43)cc2)CCOCC1.O=C(O)C(F)(F)F. The predicted octanol–water partition coefficient (Wildman–Crippen LogP) is 3.37. The average Bonchev–Trinajstić information content (AvgIpc) is 2.95. The number of sulfone groups is 1. The lowest BCUT2D eigenvalue weighted by Crippen LogP contribution is -2.54. The molecule has 2 aromatic rings. The lowest BCUT2D eigenvalue weighted by Gasteiger charge is -2.34. The first-order valence-corrected chi connectivity index (χ1v) is 14.0. The minimum absolute atomic E-state index is 0.0143. The fourth-order valence-corrected chi connectivity index (χ4v) is 6.59. The van der Waals surface area contributed by atoms with Crippen molar-refractivity contribution in [2.75, 3.05) is 37.8 Å². The fourth-order valence-electron chi connectivity index (χ4n) is 4.65. The number of amides is 1. The van der Waals surface area contributed by atoms with Crippen LogP contribution in [0.4, 0.5) is 18.9 Å². The van der Waals surface area contributed by atoms with Gasteiger partial charge in [0.05, 0.1) is 11.5 Å². The molecule has 0 radical (unpaired) electrons. The quantitative estimate of drug-likeness (QED) is 0.240. The van der Waals surface area contributed by atoms with Gasteiger partial charge in [-0.1, -0.05) is 18.2 Å². The lowest BCUT2D eigenvalue weighted by molar-refractivity contribution is -0.192. The Kier molecular flexibility index (Phi) is 10.4. The highest BCUT2D eigenvalue weighted by atomic mass is 32.2. The molecule has 0 atom stereocenters. The van der Waals surface area contributed by atoms with Crippen molar-refractivity contribution in [1.29, 1.82) is 0 Å². The van der Waals surface area contributed by atoms with Gasteiger partial charge in [0.2, 0.25) is 0 Å². The minimum atomic E-state index is -5.08. The van der Waals surface area contributed by atoms with Gasteiger partial charge in [0.25, 0.3) is 5.91 Å². The van der Waals surface area contributed by atoms with Crippen molar-refractivity contribution in [3.8, 4) is 5.75 Å². The summed E-state index contributed by atoms with van der Waals surface area (Å²) >= 11 is 0. The summed E-state index contributed by atoms with van der Waals surface area (Å²) in [4.78, 5) is 23.6. The molecule has 0 aliphatic carbocycles. The Hall–Kier alpha value is -3.36. The van der Waals surface area contributed by atoms with E-state index in [0.717, 1.165) is 32.4 Å². The average molecular weight is 589 g/mol. The molecule has 220 valence electrons. The van der Waals surface area contributed by atoms with Crippen molar-refractivity contribution in [2.24, 2.45) is 0 Å². The van der Waals surface area contributed by atoms with E-state index >= 15 is 0 Å². The zero-order valence-corrected chi connectivity index (χ0v) is 22.3. The van der Waals surface area contributed by atoms with E-state index in [9.17, 15) is 26.4 Å². The molecular formula is C26H31F3N2O8S. The number of hydrogen-bond acceptors (Lipinski definition) is 8. The predicted molar refractivity (Wildman–Crippen MR) is 137 cm³/mol. The summed E-state index contributed by atoms with van der Waals surface area (Å²) < 4.78 is 67.6. The van der Waals surface area contributed by atoms with E-state index < -0.39 is 32.6 Å². The van der Waals surface area contributed by atoms with Crippen LogP contribution < -0.4 is 15.1 Å². The van der Waals surface area contributed by atoms with Gasteiger partial charge < -0.3 is 19.5 Å². The van der Waals surface area contributed by atoms with E-state index in [1.54, 1.807) is 12.1 Å². The number of hydrogen-bond donors (Lipinski definition) is 3. The zero-order chi connectivity index (χ0) is 29.4. The Morgan fingerprint density at radius 1 is 1.07 bits per heavy atom. The summed E-state index contributed by atoms with van der Waals surface area (Å²) in [7, 11) is -4.03. The number of anilines is 1. The van der Waals surface area contributed by atoms with Crippen LogP contribution >= 0.6 is 0 Å². The van der Waals surface area contributed by atoms with E-state index in [4.69, 9.17) is 24.6 Å². The van der Waals surface area contributed by atoms with Crippen LogP contribution in [-0.4, -0.2) is 74.4 Å². The maximum absolute atomic E-state index is 13.3. The van der Waals surface area contributed by atoms with E-state index in [1.165, 1.54) is 28.9 Å². The Morgan fingerprint density at radius 2 is 1.70 bits per heavy atom. The number of aryl methyl sites for hydroxylation is 1. The third-order valence-electron chi connectivity index (χ3n) is 6.75. The van der Waals surface area contributed by atoms with Gasteiger partial charge in [0.1, 0.15) is 5.75 Å². The molecular weight excluding hydrogens is 557 g/mol. The number of ether oxygens (including phenoxy) is 2. The second kappa shape index (κ2) is 13.3. The summed E-state index contributed by atoms with van der Waals surface area (Å²) in [5.74, 6) is -3.11. The van der Waals surface area contributed by atoms with E-state index in [-0.39, 0.29) is 31.0 Å². The molecule has 0 spiro atoms. The van der Waals surface area contributed by atoms with Crippen molar-refractivity contribution >= 4 is 27.4 Å². The molecule has 0 saturated carbocycles. The number of nitrogens with zero attached hydrogens (tertiary/aromatic N) is 1. The molecule has 0 aromatic heterocycles. The smallest absolute Gasteiger partial charge is 0.490 e. The monoisotopic (exact) mass is 588 g/mol. The van der Waals surface area contributed by atoms with E-state index in [0.29, 0.717) is 12.4 Å². The summed E-state index contributed by atoms with van der Waals surface area (Å²) in [6.45, 7) is 2.71. The van der Waals surface area contributed by atoms with Crippen molar-refractivity contribution in [1.82, 2.24) is 5.48 Å². The number of fused-ring (bicyclic) bond motifs is 1. The Bertz CT molecular complexity index is 1260. The van der Waals surface area contributed by atoms with Crippen LogP contribution in [0.2, 0.25) is 0 Å². The number of nitrogens with one attached hydrogen (secondary N) is 1. The standard InChI is InChI=1S/C24H30N2O6S.C2HF3O2/c27-23(25-28)24(12-17-31-18-13-24)33(29,30)21-10-8-20(9-11-21)32-16-4-15-26-14-3-6-19-5-1-2-7-22(19)26;3-2(4,5)1(6)7/h1-2,5,7-11,28H,3-4,6,12-18H2,(H,25,27);(H,6,7). The number of aliphatic carboxylic acids is 1. The highest BCUT2D eigenvalue weighted by Gasteiger charge is 2.52. The van der Waals surface area contributed by atoms with Crippen LogP contribution in [0.1, 0.15) is 31.2 Å². The van der Waals surface area contributed by atoms with Crippen molar-refractivity contribution in [3.63, 3.8) is 0 Å². The van der Waals surface area contributed by atoms with Crippen LogP contribution in [0.25, 0.3) is 0 Å². The van der Waals surface area contributed by atoms with Gasteiger partial charge in [-0.15, -0.1) is 0 Å². The number of carbonyl (C=O) groups is 2. The molecule has 40 heavy (non-hydrogen) atoms. The van der Waals surface area contributed by atoms with Gasteiger partial charge in [-0.3, -0.25) is 10.0 Å². The number of rotatable bonds is 8. The molecule has 1 amide bonds. The maximum atomic E-state index is 13.3. The lowest BCUT2D eigenvalue weighted by atomic mass is 9.98. The van der Waals surface area contributed by atoms with Crippen molar-refractivity contribution < 1.29 is 51.0 Å². The number of carbonyl (C=O) groups excluding carboxylic acids is 1. The molecule has 1 fully saturated rings. The van der Waals surface area contributed by atoms with Gasteiger partial charge >= 0.3 is 12.1 Å². The molecule has 0 bridgehead atoms. The third kappa shape index (κ3) is 7.23. The second-order valence-corrected chi connectivity index (χ2v) is 11.5. The molecule has 2 aliphatic rings. The first-order chi connectivity index (χ1) is 18.9. The molecule has 1 saturated heterocycles. The van der Waals surface area contributed by atoms with Crippen LogP contribution in [0.5, 0.6) is 5.75 Å². The molecule has 3 N–H and O–H groups in total. The molecule has 2 aromatic carbocycles. The maximum Gasteiger partial charge on any atom is 0.490 e. The number of hydroxylamine groups is 1. The molecule has 4 rings (SSSR count). The number of carboxylic acid groups (broad SMARTS) is 1. The van der Waals surface area contributed by atoms with Gasteiger partial charge in [-0.25, -0.2) is 18.7 Å². The first kappa shape index (κ1) is 31.2. The van der Waals surface area contributed by atoms with Crippen LogP contribution in [-0.2, 0) is 30.6 Å². The molecule has 10 nitrogen and oxygen atoms in total. The summed E-state index contributed by atoms with van der Waals surface area (Å²) in [6, 6.07) is 14.6. The van der Waals surface area contributed by atoms with Crippen molar-refractivity contribution in [2.45, 2.75) is 47.9 Å². The number of alkyl halides is 3. The molecule has 2 heterocycles. The Morgan fingerprint density at radius 3 is 2.30 bits per heavy atom. The van der Waals surface area contributed by atoms with Crippen LogP contribution in [0, 0.1) is 0 Å². The summed E-state index contributed by atoms with van der Waals surface area (Å²) in [6.07, 6.45) is -2.00. The van der Waals surface area contributed by atoms with E-state index in [2.05, 4.69) is 29.2 Å². The van der Waals surface area contributed by atoms with Gasteiger partial charge in [-0.2, -0.15) is 13.2 Å². The van der Waals surface area contributed by atoms with Gasteiger partial charge in [0, 0.05) is 32.0 Å². The number of halogens is 3. The normalized spacial score (nSPS) is 16.6. The molecule has 0 unspecified atom stereocenters. The van der Waals surface area contributed by atoms with E-state index in [1.807, 2.05) is 0 Å². The molecule has 2 aliphatic heterocycles. The largest absolute Gasteiger partial charge is 0.494 e. The highest BCUT2D eigenvalue weighted by molar-refractivity contribution is 7.93.